The van der Waals surface area contributed by atoms with Crippen LogP contribution in [0.15, 0.2) is 0 Å². The second-order valence-corrected chi connectivity index (χ2v) is 3.90. The summed E-state index contributed by atoms with van der Waals surface area (Å²) in [7, 11) is 0. The Balaban J connectivity index is 1.86. The van der Waals surface area contributed by atoms with Crippen molar-refractivity contribution < 1.29 is 4.74 Å². The minimum Gasteiger partial charge on any atom is -0.381 e. The molecule has 13 heavy (non-hydrogen) atoms. The summed E-state index contributed by atoms with van der Waals surface area (Å²) in [5, 5.41) is 3.53. The highest BCUT2D eigenvalue weighted by atomic mass is 16.5. The van der Waals surface area contributed by atoms with Gasteiger partial charge in [-0.25, -0.2) is 0 Å². The fourth-order valence-electron chi connectivity index (χ4n) is 1.74. The number of rotatable bonds is 6. The zero-order valence-corrected chi connectivity index (χ0v) is 8.85. The van der Waals surface area contributed by atoms with Gasteiger partial charge in [0.05, 0.1) is 0 Å². The fraction of sp³-hybridized carbons (Fsp3) is 1.00. The van der Waals surface area contributed by atoms with E-state index in [2.05, 4.69) is 12.2 Å². The van der Waals surface area contributed by atoms with Gasteiger partial charge >= 0.3 is 0 Å². The van der Waals surface area contributed by atoms with Gasteiger partial charge in [-0.05, 0) is 32.2 Å². The van der Waals surface area contributed by atoms with Crippen LogP contribution in [0.4, 0.5) is 0 Å². The predicted molar refractivity (Wildman–Crippen MR) is 56.0 cm³/mol. The summed E-state index contributed by atoms with van der Waals surface area (Å²) in [5.41, 5.74) is 0. The van der Waals surface area contributed by atoms with Crippen LogP contribution >= 0.6 is 0 Å². The molecule has 1 saturated heterocycles. The molecule has 0 amide bonds. The first-order chi connectivity index (χ1) is 6.43. The molecule has 2 heteroatoms. The van der Waals surface area contributed by atoms with E-state index >= 15 is 0 Å². The van der Waals surface area contributed by atoms with Crippen molar-refractivity contribution in [1.29, 1.82) is 0 Å². The van der Waals surface area contributed by atoms with Crippen molar-refractivity contribution in [2.24, 2.45) is 0 Å². The maximum atomic E-state index is 5.54. The average Bonchev–Trinajstić information content (AvgIpc) is 2.19. The predicted octanol–water partition coefficient (Wildman–Crippen LogP) is 2.34. The third kappa shape index (κ3) is 5.27. The highest BCUT2D eigenvalue weighted by molar-refractivity contribution is 4.71. The SMILES string of the molecule is CCCCOCCC1CCCCN1. The molecule has 0 aromatic heterocycles. The van der Waals surface area contributed by atoms with Crippen LogP contribution in [0, 0.1) is 0 Å². The molecule has 1 atom stereocenters. The van der Waals surface area contributed by atoms with E-state index in [1.807, 2.05) is 0 Å². The van der Waals surface area contributed by atoms with Gasteiger partial charge in [0.1, 0.15) is 0 Å². The zero-order chi connectivity index (χ0) is 9.36. The molecule has 0 bridgehead atoms. The molecule has 0 saturated carbocycles. The normalized spacial score (nSPS) is 23.3. The van der Waals surface area contributed by atoms with Crippen molar-refractivity contribution in [1.82, 2.24) is 5.32 Å². The summed E-state index contributed by atoms with van der Waals surface area (Å²) in [4.78, 5) is 0. The molecule has 0 radical (unpaired) electrons. The molecule has 1 aliphatic heterocycles. The lowest BCUT2D eigenvalue weighted by Crippen LogP contribution is -2.34. The Bertz CT molecular complexity index is 111. The van der Waals surface area contributed by atoms with E-state index in [-0.39, 0.29) is 0 Å². The Labute approximate surface area is 82.0 Å². The molecule has 1 heterocycles. The molecule has 0 spiro atoms. The smallest absolute Gasteiger partial charge is 0.0480 e. The van der Waals surface area contributed by atoms with E-state index < -0.39 is 0 Å². The number of hydrogen-bond acceptors (Lipinski definition) is 2. The van der Waals surface area contributed by atoms with E-state index in [0.717, 1.165) is 19.3 Å². The number of unbranched alkanes of at least 4 members (excludes halogenated alkanes) is 1. The molecule has 1 aliphatic rings. The maximum absolute atomic E-state index is 5.54. The first-order valence-electron chi connectivity index (χ1n) is 5.74. The number of hydrogen-bond donors (Lipinski definition) is 1. The molecule has 1 fully saturated rings. The van der Waals surface area contributed by atoms with Crippen LogP contribution in [0.1, 0.15) is 45.4 Å². The highest BCUT2D eigenvalue weighted by Gasteiger charge is 2.11. The highest BCUT2D eigenvalue weighted by Crippen LogP contribution is 2.09. The van der Waals surface area contributed by atoms with E-state index in [1.54, 1.807) is 0 Å². The molecule has 78 valence electrons. The van der Waals surface area contributed by atoms with E-state index in [4.69, 9.17) is 4.74 Å². The second-order valence-electron chi connectivity index (χ2n) is 3.90. The third-order valence-electron chi connectivity index (χ3n) is 2.67. The molecule has 1 rings (SSSR count). The van der Waals surface area contributed by atoms with Crippen molar-refractivity contribution in [3.63, 3.8) is 0 Å². The van der Waals surface area contributed by atoms with Crippen molar-refractivity contribution in [2.45, 2.75) is 51.5 Å². The van der Waals surface area contributed by atoms with Crippen molar-refractivity contribution >= 4 is 0 Å². The third-order valence-corrected chi connectivity index (χ3v) is 2.67. The monoisotopic (exact) mass is 185 g/mol. The van der Waals surface area contributed by atoms with Crippen LogP contribution in [0.2, 0.25) is 0 Å². The minimum atomic E-state index is 0.732. The Morgan fingerprint density at radius 3 is 2.92 bits per heavy atom. The van der Waals surface area contributed by atoms with Gasteiger partial charge < -0.3 is 10.1 Å². The van der Waals surface area contributed by atoms with Crippen LogP contribution in [0.5, 0.6) is 0 Å². The Morgan fingerprint density at radius 1 is 1.31 bits per heavy atom. The van der Waals surface area contributed by atoms with Crippen molar-refractivity contribution in [2.75, 3.05) is 19.8 Å². The fourth-order valence-corrected chi connectivity index (χ4v) is 1.74. The summed E-state index contributed by atoms with van der Waals surface area (Å²) in [6.45, 7) is 5.30. The zero-order valence-electron chi connectivity index (χ0n) is 8.85. The first kappa shape index (κ1) is 11.0. The number of ether oxygens (including phenoxy) is 1. The van der Waals surface area contributed by atoms with Crippen LogP contribution in [-0.2, 0) is 4.74 Å². The van der Waals surface area contributed by atoms with Crippen LogP contribution in [0.3, 0.4) is 0 Å². The van der Waals surface area contributed by atoms with Crippen LogP contribution in [-0.4, -0.2) is 25.8 Å². The van der Waals surface area contributed by atoms with Gasteiger partial charge in [-0.1, -0.05) is 19.8 Å². The lowest BCUT2D eigenvalue weighted by atomic mass is 10.0. The summed E-state index contributed by atoms with van der Waals surface area (Å²) < 4.78 is 5.54. The standard InChI is InChI=1S/C11H23NO/c1-2-3-9-13-10-7-11-6-4-5-8-12-11/h11-12H,2-10H2,1H3. The van der Waals surface area contributed by atoms with Gasteiger partial charge in [0.15, 0.2) is 0 Å². The second kappa shape index (κ2) is 7.34. The van der Waals surface area contributed by atoms with Gasteiger partial charge in [0, 0.05) is 19.3 Å². The number of nitrogens with one attached hydrogen (secondary N) is 1. The van der Waals surface area contributed by atoms with Gasteiger partial charge in [-0.2, -0.15) is 0 Å². The lowest BCUT2D eigenvalue weighted by molar-refractivity contribution is 0.118. The molecular formula is C11H23NO. The quantitative estimate of drug-likeness (QED) is 0.641. The molecule has 2 nitrogen and oxygen atoms in total. The molecular weight excluding hydrogens is 162 g/mol. The summed E-state index contributed by atoms with van der Waals surface area (Å²) in [5.74, 6) is 0. The molecule has 0 aromatic carbocycles. The van der Waals surface area contributed by atoms with Gasteiger partial charge in [0.2, 0.25) is 0 Å². The summed E-state index contributed by atoms with van der Waals surface area (Å²) in [6, 6.07) is 0.732. The molecule has 1 N–H and O–H groups in total. The topological polar surface area (TPSA) is 21.3 Å². The van der Waals surface area contributed by atoms with E-state index in [9.17, 15) is 0 Å². The van der Waals surface area contributed by atoms with Gasteiger partial charge in [-0.3, -0.25) is 0 Å². The summed E-state index contributed by atoms with van der Waals surface area (Å²) >= 11 is 0. The maximum Gasteiger partial charge on any atom is 0.0480 e. The van der Waals surface area contributed by atoms with Crippen molar-refractivity contribution in [3.05, 3.63) is 0 Å². The largest absolute Gasteiger partial charge is 0.381 e. The Hall–Kier alpha value is -0.0800. The molecule has 0 aromatic rings. The van der Waals surface area contributed by atoms with Gasteiger partial charge in [0.25, 0.3) is 0 Å². The van der Waals surface area contributed by atoms with Crippen LogP contribution in [0.25, 0.3) is 0 Å². The lowest BCUT2D eigenvalue weighted by Gasteiger charge is -2.23. The summed E-state index contributed by atoms with van der Waals surface area (Å²) in [6.07, 6.45) is 7.74. The molecule has 1 unspecified atom stereocenters. The van der Waals surface area contributed by atoms with Crippen LogP contribution < -0.4 is 5.32 Å². The van der Waals surface area contributed by atoms with Gasteiger partial charge in [-0.15, -0.1) is 0 Å². The Morgan fingerprint density at radius 2 is 2.23 bits per heavy atom. The molecule has 0 aliphatic carbocycles. The van der Waals surface area contributed by atoms with E-state index in [1.165, 1.54) is 45.1 Å². The number of piperidine rings is 1. The average molecular weight is 185 g/mol. The van der Waals surface area contributed by atoms with Crippen molar-refractivity contribution in [3.8, 4) is 0 Å². The van der Waals surface area contributed by atoms with E-state index in [0.29, 0.717) is 0 Å². The minimum absolute atomic E-state index is 0.732. The first-order valence-corrected chi connectivity index (χ1v) is 5.74. The Kier molecular flexibility index (Phi) is 6.21.